The number of primary amides is 1. The predicted molar refractivity (Wildman–Crippen MR) is 214 cm³/mol. The van der Waals surface area contributed by atoms with Gasteiger partial charge in [0.1, 0.15) is 42.3 Å². The zero-order valence-electron chi connectivity index (χ0n) is 35.3. The number of amides is 8. The van der Waals surface area contributed by atoms with E-state index in [0.29, 0.717) is 12.8 Å². The Kier molecular flexibility index (Phi) is 20.8. The second-order valence-corrected chi connectivity index (χ2v) is 15.9. The standard InChI is InChI=1S/C38H59N9O16/c1-18(2)16-23(44-31(55)21(9-12-28(49)50)42-35(59)26-7-5-15-47(26)37(61)20(39)8-11-27(40)48)33(57)41-19(3)36(60)46-14-4-6-25(46)34(58)43-22(10-13-29(51)52)32(56)45-24(38(62)63)17-30(53)54/h18-26H,4-17,39H2,1-3H3,(H2,40,48)(H,41,57)(H,42,59)(H,43,58)(H,44,55)(H,45,56)(H,49,50)(H,51,52)(H,53,54)(H,62,63)/t19-,20-,21-,22-,23-,24-,25-,26-/m0/s1. The van der Waals surface area contributed by atoms with Gasteiger partial charge in [-0.3, -0.25) is 52.7 Å². The summed E-state index contributed by atoms with van der Waals surface area (Å²) in [5.74, 6) is -12.8. The molecule has 8 atom stereocenters. The van der Waals surface area contributed by atoms with Crippen molar-refractivity contribution in [3.63, 3.8) is 0 Å². The highest BCUT2D eigenvalue weighted by Gasteiger charge is 2.41. The highest BCUT2D eigenvalue weighted by Crippen LogP contribution is 2.21. The van der Waals surface area contributed by atoms with Crippen molar-refractivity contribution in [3.05, 3.63) is 0 Å². The van der Waals surface area contributed by atoms with Crippen LogP contribution in [0, 0.1) is 5.92 Å². The normalized spacial score (nSPS) is 18.7. The van der Waals surface area contributed by atoms with E-state index in [1.807, 2.05) is 5.32 Å². The topological polar surface area (TPSA) is 404 Å². The first-order chi connectivity index (χ1) is 29.4. The minimum absolute atomic E-state index is 0.00984. The number of nitrogens with zero attached hydrogens (tertiary/aromatic N) is 2. The zero-order valence-corrected chi connectivity index (χ0v) is 35.3. The third-order valence-corrected chi connectivity index (χ3v) is 10.3. The van der Waals surface area contributed by atoms with Crippen molar-refractivity contribution >= 4 is 71.1 Å². The molecule has 0 radical (unpaired) electrons. The first-order valence-corrected chi connectivity index (χ1v) is 20.5. The molecule has 0 aromatic heterocycles. The monoisotopic (exact) mass is 897 g/mol. The minimum Gasteiger partial charge on any atom is -0.481 e. The van der Waals surface area contributed by atoms with Gasteiger partial charge in [-0.1, -0.05) is 13.8 Å². The molecule has 25 heteroatoms. The van der Waals surface area contributed by atoms with Crippen LogP contribution in [0.1, 0.15) is 97.8 Å². The number of likely N-dealkylation sites (tertiary alicyclic amines) is 2. The first kappa shape index (κ1) is 52.7. The zero-order chi connectivity index (χ0) is 47.7. The van der Waals surface area contributed by atoms with Crippen LogP contribution in [0.15, 0.2) is 0 Å². The van der Waals surface area contributed by atoms with E-state index in [-0.39, 0.29) is 51.1 Å². The predicted octanol–water partition coefficient (Wildman–Crippen LogP) is -3.66. The Balaban J connectivity index is 2.21. The molecule has 8 amide bonds. The number of rotatable bonds is 26. The fraction of sp³-hybridized carbons (Fsp3) is 0.684. The van der Waals surface area contributed by atoms with Gasteiger partial charge in [0.05, 0.1) is 12.5 Å². The van der Waals surface area contributed by atoms with Gasteiger partial charge in [-0.25, -0.2) is 4.79 Å². The maximum absolute atomic E-state index is 13.7. The quantitative estimate of drug-likeness (QED) is 0.0399. The van der Waals surface area contributed by atoms with Crippen LogP contribution in [0.3, 0.4) is 0 Å². The molecule has 2 fully saturated rings. The average Bonchev–Trinajstić information content (AvgIpc) is 3.89. The van der Waals surface area contributed by atoms with Crippen LogP contribution in [-0.2, 0) is 57.5 Å². The average molecular weight is 898 g/mol. The van der Waals surface area contributed by atoms with Gasteiger partial charge in [-0.15, -0.1) is 0 Å². The molecule has 0 aliphatic carbocycles. The Morgan fingerprint density at radius 1 is 0.571 bits per heavy atom. The Morgan fingerprint density at radius 3 is 1.43 bits per heavy atom. The molecule has 0 unspecified atom stereocenters. The summed E-state index contributed by atoms with van der Waals surface area (Å²) in [5.41, 5.74) is 11.1. The lowest BCUT2D eigenvalue weighted by Crippen LogP contribution is -2.59. The van der Waals surface area contributed by atoms with Gasteiger partial charge < -0.3 is 68.3 Å². The number of carboxylic acids is 4. The van der Waals surface area contributed by atoms with Crippen molar-refractivity contribution in [1.29, 1.82) is 0 Å². The van der Waals surface area contributed by atoms with E-state index < -0.39 is 152 Å². The molecule has 0 aromatic carbocycles. The second kappa shape index (κ2) is 24.9. The summed E-state index contributed by atoms with van der Waals surface area (Å²) in [6.45, 7) is 4.94. The summed E-state index contributed by atoms with van der Waals surface area (Å²) in [6.07, 6.45) is -2.41. The molecule has 2 aliphatic heterocycles. The van der Waals surface area contributed by atoms with E-state index >= 15 is 0 Å². The van der Waals surface area contributed by atoms with Crippen LogP contribution in [-0.4, -0.2) is 163 Å². The molecular weight excluding hydrogens is 838 g/mol. The van der Waals surface area contributed by atoms with Gasteiger partial charge in [0, 0.05) is 32.4 Å². The van der Waals surface area contributed by atoms with Gasteiger partial charge in [-0.05, 0) is 64.2 Å². The first-order valence-electron chi connectivity index (χ1n) is 20.5. The van der Waals surface area contributed by atoms with Crippen LogP contribution in [0.4, 0.5) is 0 Å². The third kappa shape index (κ3) is 17.1. The minimum atomic E-state index is -1.90. The van der Waals surface area contributed by atoms with E-state index in [4.69, 9.17) is 16.6 Å². The van der Waals surface area contributed by atoms with Crippen LogP contribution >= 0.6 is 0 Å². The molecule has 0 spiro atoms. The molecule has 63 heavy (non-hydrogen) atoms. The van der Waals surface area contributed by atoms with Gasteiger partial charge in [0.25, 0.3) is 0 Å². The van der Waals surface area contributed by atoms with E-state index in [2.05, 4.69) is 21.3 Å². The van der Waals surface area contributed by atoms with E-state index in [1.54, 1.807) is 13.8 Å². The fourth-order valence-corrected chi connectivity index (χ4v) is 7.10. The van der Waals surface area contributed by atoms with Gasteiger partial charge in [0.15, 0.2) is 0 Å². The van der Waals surface area contributed by atoms with Crippen LogP contribution in [0.25, 0.3) is 0 Å². The Morgan fingerprint density at radius 2 is 1.02 bits per heavy atom. The molecule has 2 saturated heterocycles. The van der Waals surface area contributed by atoms with Crippen LogP contribution in [0.2, 0.25) is 0 Å². The Labute approximate surface area is 361 Å². The van der Waals surface area contributed by atoms with Crippen LogP contribution < -0.4 is 38.1 Å². The number of carbonyl (C=O) groups is 12. The molecule has 0 bridgehead atoms. The largest absolute Gasteiger partial charge is 0.481 e. The summed E-state index contributed by atoms with van der Waals surface area (Å²) < 4.78 is 0. The maximum Gasteiger partial charge on any atom is 0.326 e. The van der Waals surface area contributed by atoms with Gasteiger partial charge in [0.2, 0.25) is 47.3 Å². The summed E-state index contributed by atoms with van der Waals surface area (Å²) in [7, 11) is 0. The Hall–Kier alpha value is -6.40. The molecule has 0 saturated carbocycles. The molecule has 2 aliphatic rings. The summed E-state index contributed by atoms with van der Waals surface area (Å²) in [6, 6.07) is -11.1. The molecular formula is C38H59N9O16. The van der Waals surface area contributed by atoms with E-state index in [0.717, 1.165) is 4.90 Å². The highest BCUT2D eigenvalue weighted by molar-refractivity contribution is 5.98. The summed E-state index contributed by atoms with van der Waals surface area (Å²) >= 11 is 0. The maximum atomic E-state index is 13.7. The summed E-state index contributed by atoms with van der Waals surface area (Å²) in [5, 5.41) is 48.8. The molecule has 2 rings (SSSR count). The fourth-order valence-electron chi connectivity index (χ4n) is 7.10. The lowest BCUT2D eigenvalue weighted by molar-refractivity contribution is -0.147. The smallest absolute Gasteiger partial charge is 0.326 e. The molecule has 13 N–H and O–H groups in total. The number of hydrogen-bond donors (Lipinski definition) is 11. The highest BCUT2D eigenvalue weighted by atomic mass is 16.4. The molecule has 0 aromatic rings. The van der Waals surface area contributed by atoms with Crippen molar-refractivity contribution < 1.29 is 78.0 Å². The van der Waals surface area contributed by atoms with Crippen molar-refractivity contribution in [1.82, 2.24) is 36.4 Å². The molecule has 2 heterocycles. The number of nitrogens with one attached hydrogen (secondary N) is 5. The van der Waals surface area contributed by atoms with E-state index in [9.17, 15) is 72.9 Å². The molecule has 25 nitrogen and oxygen atoms in total. The lowest BCUT2D eigenvalue weighted by atomic mass is 10.0. The molecule has 352 valence electrons. The van der Waals surface area contributed by atoms with Crippen molar-refractivity contribution in [2.75, 3.05) is 13.1 Å². The number of nitrogens with two attached hydrogens (primary N) is 2. The van der Waals surface area contributed by atoms with Gasteiger partial charge in [-0.2, -0.15) is 0 Å². The van der Waals surface area contributed by atoms with E-state index in [1.165, 1.54) is 11.8 Å². The lowest BCUT2D eigenvalue weighted by Gasteiger charge is -2.30. The number of hydrogen-bond acceptors (Lipinski definition) is 13. The van der Waals surface area contributed by atoms with Crippen molar-refractivity contribution in [2.45, 2.75) is 146 Å². The Bertz CT molecular complexity index is 1760. The van der Waals surface area contributed by atoms with Crippen molar-refractivity contribution in [3.8, 4) is 0 Å². The number of aliphatic carboxylic acids is 4. The number of carboxylic acid groups (broad SMARTS) is 4. The SMILES string of the molecule is CC(C)C[C@H](NC(=O)[C@H](CCC(=O)O)NC(=O)[C@@H]1CCCN1C(=O)[C@@H](N)CCC(N)=O)C(=O)N[C@@H](C)C(=O)N1CCC[C@H]1C(=O)N[C@@H](CCC(=O)O)C(=O)N[C@@H](CC(=O)O)C(=O)O. The van der Waals surface area contributed by atoms with Gasteiger partial charge >= 0.3 is 23.9 Å². The summed E-state index contributed by atoms with van der Waals surface area (Å²) in [4.78, 5) is 153. The second-order valence-electron chi connectivity index (χ2n) is 15.9. The number of carbonyl (C=O) groups excluding carboxylic acids is 8. The van der Waals surface area contributed by atoms with Crippen LogP contribution in [0.5, 0.6) is 0 Å². The third-order valence-electron chi connectivity index (χ3n) is 10.3. The van der Waals surface area contributed by atoms with Crippen molar-refractivity contribution in [2.24, 2.45) is 17.4 Å².